The summed E-state index contributed by atoms with van der Waals surface area (Å²) in [5.41, 5.74) is 0. The van der Waals surface area contributed by atoms with Gasteiger partial charge in [0, 0.05) is 14.2 Å². The van der Waals surface area contributed by atoms with Crippen LogP contribution >= 0.6 is 7.60 Å². The minimum Gasteiger partial charge on any atom is -0.465 e. The van der Waals surface area contributed by atoms with Crippen molar-refractivity contribution in [2.24, 2.45) is 0 Å². The van der Waals surface area contributed by atoms with Gasteiger partial charge in [-0.05, 0) is 19.3 Å². The van der Waals surface area contributed by atoms with Crippen LogP contribution in [0.15, 0.2) is 12.7 Å². The molecule has 5 nitrogen and oxygen atoms in total. The second kappa shape index (κ2) is 8.50. The summed E-state index contributed by atoms with van der Waals surface area (Å²) in [7, 11) is -0.814. The third-order valence-corrected chi connectivity index (χ3v) is 3.70. The fraction of sp³-hybridized carbons (Fsp3) is 0.700. The molecule has 0 bridgehead atoms. The Morgan fingerprint density at radius 2 is 1.94 bits per heavy atom. The zero-order chi connectivity index (χ0) is 12.4. The predicted octanol–water partition coefficient (Wildman–Crippen LogP) is 2.37. The fourth-order valence-corrected chi connectivity index (χ4v) is 1.80. The fourth-order valence-electron chi connectivity index (χ4n) is 0.984. The van der Waals surface area contributed by atoms with Gasteiger partial charge in [-0.15, -0.1) is 6.58 Å². The number of esters is 1. The average Bonchev–Trinajstić information content (AvgIpc) is 2.28. The first-order valence-corrected chi connectivity index (χ1v) is 6.78. The second-order valence-corrected chi connectivity index (χ2v) is 5.41. The smallest absolute Gasteiger partial charge is 0.341 e. The van der Waals surface area contributed by atoms with Crippen LogP contribution in [-0.4, -0.2) is 33.0 Å². The van der Waals surface area contributed by atoms with E-state index >= 15 is 0 Å². The lowest BCUT2D eigenvalue weighted by molar-refractivity contribution is -0.140. The van der Waals surface area contributed by atoms with Gasteiger partial charge >= 0.3 is 13.6 Å². The van der Waals surface area contributed by atoms with E-state index in [-0.39, 0.29) is 6.16 Å². The van der Waals surface area contributed by atoms with Gasteiger partial charge in [0.25, 0.3) is 0 Å². The second-order valence-electron chi connectivity index (χ2n) is 3.14. The Kier molecular flexibility index (Phi) is 8.16. The highest BCUT2D eigenvalue weighted by Gasteiger charge is 2.26. The molecular formula is C10H19O5P. The van der Waals surface area contributed by atoms with E-state index in [9.17, 15) is 9.36 Å². The van der Waals surface area contributed by atoms with Gasteiger partial charge < -0.3 is 13.8 Å². The molecule has 0 saturated carbocycles. The number of rotatable bonds is 9. The van der Waals surface area contributed by atoms with E-state index in [1.807, 2.05) is 6.08 Å². The van der Waals surface area contributed by atoms with Crippen molar-refractivity contribution in [3.8, 4) is 0 Å². The lowest BCUT2D eigenvalue weighted by Gasteiger charge is -2.12. The van der Waals surface area contributed by atoms with Crippen molar-refractivity contribution in [2.45, 2.75) is 19.3 Å². The molecule has 0 aliphatic carbocycles. The summed E-state index contributed by atoms with van der Waals surface area (Å²) in [4.78, 5) is 11.2. The number of carbonyl (C=O) groups is 1. The topological polar surface area (TPSA) is 61.8 Å². The van der Waals surface area contributed by atoms with Gasteiger partial charge in [0.1, 0.15) is 6.16 Å². The third-order valence-electron chi connectivity index (χ3n) is 1.94. The van der Waals surface area contributed by atoms with Crippen LogP contribution in [0.25, 0.3) is 0 Å². The molecule has 0 saturated heterocycles. The van der Waals surface area contributed by atoms with Gasteiger partial charge in [-0.2, -0.15) is 0 Å². The summed E-state index contributed by atoms with van der Waals surface area (Å²) in [6.07, 6.45) is 4.05. The van der Waals surface area contributed by atoms with Crippen LogP contribution < -0.4 is 0 Å². The Labute approximate surface area is 96.3 Å². The van der Waals surface area contributed by atoms with E-state index in [0.717, 1.165) is 19.3 Å². The highest BCUT2D eigenvalue weighted by atomic mass is 31.2. The van der Waals surface area contributed by atoms with Gasteiger partial charge in [0.05, 0.1) is 6.61 Å². The summed E-state index contributed by atoms with van der Waals surface area (Å²) in [5.74, 6) is -0.564. The Morgan fingerprint density at radius 1 is 1.31 bits per heavy atom. The molecule has 0 aliphatic rings. The zero-order valence-electron chi connectivity index (χ0n) is 9.81. The van der Waals surface area contributed by atoms with Crippen molar-refractivity contribution >= 4 is 13.6 Å². The Balaban J connectivity index is 3.73. The molecule has 0 spiro atoms. The first-order chi connectivity index (χ1) is 7.58. The maximum absolute atomic E-state index is 11.5. The minimum absolute atomic E-state index is 0.320. The van der Waals surface area contributed by atoms with Crippen LogP contribution in [0.1, 0.15) is 19.3 Å². The molecule has 0 aliphatic heterocycles. The average molecular weight is 250 g/mol. The third kappa shape index (κ3) is 6.77. The largest absolute Gasteiger partial charge is 0.465 e. The van der Waals surface area contributed by atoms with E-state index in [1.54, 1.807) is 0 Å². The van der Waals surface area contributed by atoms with Crippen LogP contribution in [-0.2, 0) is 23.1 Å². The van der Waals surface area contributed by atoms with E-state index in [2.05, 4.69) is 15.6 Å². The molecule has 0 radical (unpaired) electrons. The van der Waals surface area contributed by atoms with E-state index < -0.39 is 13.6 Å². The van der Waals surface area contributed by atoms with Crippen molar-refractivity contribution in [1.29, 1.82) is 0 Å². The molecule has 0 aromatic carbocycles. The number of unbranched alkanes of at least 4 members (excludes halogenated alkanes) is 2. The van der Waals surface area contributed by atoms with Crippen molar-refractivity contribution in [1.82, 2.24) is 0 Å². The zero-order valence-corrected chi connectivity index (χ0v) is 10.7. The molecule has 0 aromatic rings. The summed E-state index contributed by atoms with van der Waals surface area (Å²) < 4.78 is 25.7. The highest BCUT2D eigenvalue weighted by molar-refractivity contribution is 7.54. The lowest BCUT2D eigenvalue weighted by Crippen LogP contribution is -2.12. The van der Waals surface area contributed by atoms with Gasteiger partial charge in [0.2, 0.25) is 0 Å². The number of carbonyl (C=O) groups excluding carboxylic acids is 1. The van der Waals surface area contributed by atoms with Crippen molar-refractivity contribution in [3.05, 3.63) is 12.7 Å². The van der Waals surface area contributed by atoms with Crippen LogP contribution in [0.2, 0.25) is 0 Å². The molecule has 6 heteroatoms. The van der Waals surface area contributed by atoms with Crippen molar-refractivity contribution < 1.29 is 23.1 Å². The first-order valence-electron chi connectivity index (χ1n) is 5.05. The molecule has 0 fully saturated rings. The molecule has 16 heavy (non-hydrogen) atoms. The van der Waals surface area contributed by atoms with E-state index in [0.29, 0.717) is 6.61 Å². The molecule has 0 unspecified atom stereocenters. The number of hydrogen-bond acceptors (Lipinski definition) is 5. The normalized spacial score (nSPS) is 11.1. The Morgan fingerprint density at radius 3 is 2.44 bits per heavy atom. The summed E-state index contributed by atoms with van der Waals surface area (Å²) in [6, 6.07) is 0. The van der Waals surface area contributed by atoms with Gasteiger partial charge in [0.15, 0.2) is 0 Å². The maximum atomic E-state index is 11.5. The summed E-state index contributed by atoms with van der Waals surface area (Å²) >= 11 is 0. The molecule has 0 heterocycles. The molecular weight excluding hydrogens is 231 g/mol. The maximum Gasteiger partial charge on any atom is 0.341 e. The number of ether oxygens (including phenoxy) is 1. The van der Waals surface area contributed by atoms with Gasteiger partial charge in [-0.25, -0.2) is 0 Å². The number of hydrogen-bond donors (Lipinski definition) is 0. The number of allylic oxidation sites excluding steroid dienone is 1. The minimum atomic E-state index is -3.29. The van der Waals surface area contributed by atoms with Crippen molar-refractivity contribution in [3.63, 3.8) is 0 Å². The molecule has 94 valence electrons. The highest BCUT2D eigenvalue weighted by Crippen LogP contribution is 2.45. The van der Waals surface area contributed by atoms with E-state index in [4.69, 9.17) is 4.74 Å². The molecule has 0 rings (SSSR count). The van der Waals surface area contributed by atoms with Crippen LogP contribution in [0.5, 0.6) is 0 Å². The molecule has 0 amide bonds. The first kappa shape index (κ1) is 15.4. The van der Waals surface area contributed by atoms with Crippen LogP contribution in [0.3, 0.4) is 0 Å². The van der Waals surface area contributed by atoms with Crippen molar-refractivity contribution in [2.75, 3.05) is 27.0 Å². The molecule has 0 aromatic heterocycles. The molecule has 0 N–H and O–H groups in total. The van der Waals surface area contributed by atoms with E-state index in [1.165, 1.54) is 14.2 Å². The summed E-state index contributed by atoms with van der Waals surface area (Å²) in [6.45, 7) is 3.91. The van der Waals surface area contributed by atoms with Gasteiger partial charge in [-0.3, -0.25) is 9.36 Å². The SMILES string of the molecule is C=CCCCCOC(=O)CP(=O)(OC)OC. The Hall–Kier alpha value is -0.640. The lowest BCUT2D eigenvalue weighted by atomic mass is 10.2. The van der Waals surface area contributed by atoms with Gasteiger partial charge in [-0.1, -0.05) is 6.08 Å². The van der Waals surface area contributed by atoms with Crippen LogP contribution in [0.4, 0.5) is 0 Å². The summed E-state index contributed by atoms with van der Waals surface area (Å²) in [5, 5.41) is 0. The Bertz CT molecular complexity index is 256. The monoisotopic (exact) mass is 250 g/mol. The predicted molar refractivity (Wildman–Crippen MR) is 61.5 cm³/mol. The molecule has 0 atom stereocenters. The standard InChI is InChI=1S/C10H19O5P/c1-4-5-6-7-8-15-10(11)9-16(12,13-2)14-3/h4H,1,5-9H2,2-3H3. The van der Waals surface area contributed by atoms with Crippen LogP contribution in [0, 0.1) is 0 Å². The quantitative estimate of drug-likeness (QED) is 0.272.